The lowest BCUT2D eigenvalue weighted by molar-refractivity contribution is 0.580. The minimum Gasteiger partial charge on any atom is -0.244 e. The van der Waals surface area contributed by atoms with Gasteiger partial charge in [0.15, 0.2) is 0 Å². The second-order valence-electron chi connectivity index (χ2n) is 3.24. The van der Waals surface area contributed by atoms with Gasteiger partial charge in [-0.1, -0.05) is 0 Å². The van der Waals surface area contributed by atoms with Gasteiger partial charge >= 0.3 is 0 Å². The predicted octanol–water partition coefficient (Wildman–Crippen LogP) is 0.985. The van der Waals surface area contributed by atoms with Gasteiger partial charge in [0.1, 0.15) is 16.7 Å². The molecule has 0 aliphatic heterocycles. The average Bonchev–Trinajstić information content (AvgIpc) is 2.35. The van der Waals surface area contributed by atoms with Crippen LogP contribution in [0.1, 0.15) is 12.1 Å². The SMILES string of the molecule is CSCCCNS(=O)(=O)c1ccc(C#N)nc1. The van der Waals surface area contributed by atoms with Gasteiger partial charge in [-0.25, -0.2) is 18.1 Å². The van der Waals surface area contributed by atoms with Crippen molar-refractivity contribution in [1.82, 2.24) is 9.71 Å². The van der Waals surface area contributed by atoms with Crippen LogP contribution >= 0.6 is 11.8 Å². The molecule has 1 aromatic heterocycles. The first-order chi connectivity index (χ1) is 8.10. The molecule has 0 bridgehead atoms. The van der Waals surface area contributed by atoms with Crippen molar-refractivity contribution >= 4 is 21.8 Å². The van der Waals surface area contributed by atoms with E-state index in [9.17, 15) is 8.42 Å². The maximum Gasteiger partial charge on any atom is 0.242 e. The zero-order valence-corrected chi connectivity index (χ0v) is 11.0. The minimum atomic E-state index is -3.50. The van der Waals surface area contributed by atoms with Crippen LogP contribution in [0, 0.1) is 11.3 Å². The van der Waals surface area contributed by atoms with E-state index in [-0.39, 0.29) is 10.6 Å². The van der Waals surface area contributed by atoms with Crippen molar-refractivity contribution in [3.63, 3.8) is 0 Å². The number of thioether (sulfide) groups is 1. The highest BCUT2D eigenvalue weighted by molar-refractivity contribution is 7.98. The van der Waals surface area contributed by atoms with E-state index in [2.05, 4.69) is 9.71 Å². The van der Waals surface area contributed by atoms with Crippen LogP contribution in [0.3, 0.4) is 0 Å². The molecule has 5 nitrogen and oxygen atoms in total. The quantitative estimate of drug-likeness (QED) is 0.780. The third kappa shape index (κ3) is 4.34. The van der Waals surface area contributed by atoms with E-state index in [0.29, 0.717) is 6.54 Å². The Bertz CT molecular complexity index is 491. The van der Waals surface area contributed by atoms with Crippen molar-refractivity contribution in [1.29, 1.82) is 5.26 Å². The summed E-state index contributed by atoms with van der Waals surface area (Å²) >= 11 is 1.67. The number of hydrogen-bond acceptors (Lipinski definition) is 5. The lowest BCUT2D eigenvalue weighted by Gasteiger charge is -2.05. The molecule has 0 radical (unpaired) electrons. The molecule has 17 heavy (non-hydrogen) atoms. The monoisotopic (exact) mass is 271 g/mol. The van der Waals surface area contributed by atoms with E-state index in [4.69, 9.17) is 5.26 Å². The van der Waals surface area contributed by atoms with E-state index in [1.165, 1.54) is 18.3 Å². The van der Waals surface area contributed by atoms with Crippen LogP contribution in [0.15, 0.2) is 23.2 Å². The maximum absolute atomic E-state index is 11.8. The molecule has 1 aromatic rings. The Morgan fingerprint density at radius 3 is 2.82 bits per heavy atom. The van der Waals surface area contributed by atoms with E-state index >= 15 is 0 Å². The van der Waals surface area contributed by atoms with E-state index < -0.39 is 10.0 Å². The Kier molecular flexibility index (Phi) is 5.41. The van der Waals surface area contributed by atoms with Crippen LogP contribution in [0.25, 0.3) is 0 Å². The number of sulfonamides is 1. The third-order valence-corrected chi connectivity index (χ3v) is 4.12. The largest absolute Gasteiger partial charge is 0.244 e. The fourth-order valence-corrected chi connectivity index (χ4v) is 2.56. The van der Waals surface area contributed by atoms with Crippen molar-refractivity contribution in [3.05, 3.63) is 24.0 Å². The molecule has 0 aliphatic rings. The summed E-state index contributed by atoms with van der Waals surface area (Å²) in [7, 11) is -3.50. The number of nitrogens with zero attached hydrogens (tertiary/aromatic N) is 2. The highest BCUT2D eigenvalue weighted by Gasteiger charge is 2.13. The fourth-order valence-electron chi connectivity index (χ4n) is 1.11. The second kappa shape index (κ2) is 6.59. The maximum atomic E-state index is 11.8. The summed E-state index contributed by atoms with van der Waals surface area (Å²) in [4.78, 5) is 3.81. The fraction of sp³-hybridized carbons (Fsp3) is 0.400. The zero-order chi connectivity index (χ0) is 12.7. The van der Waals surface area contributed by atoms with Gasteiger partial charge in [-0.05, 0) is 30.6 Å². The molecular weight excluding hydrogens is 258 g/mol. The number of hydrogen-bond donors (Lipinski definition) is 1. The van der Waals surface area contributed by atoms with Crippen molar-refractivity contribution in [2.75, 3.05) is 18.6 Å². The first-order valence-corrected chi connectivity index (χ1v) is 7.82. The van der Waals surface area contributed by atoms with E-state index in [0.717, 1.165) is 12.2 Å². The van der Waals surface area contributed by atoms with Crippen LogP contribution in [0.2, 0.25) is 0 Å². The summed E-state index contributed by atoms with van der Waals surface area (Å²) < 4.78 is 26.0. The Morgan fingerprint density at radius 1 is 1.53 bits per heavy atom. The number of aromatic nitrogens is 1. The molecule has 7 heteroatoms. The Morgan fingerprint density at radius 2 is 2.29 bits per heavy atom. The molecule has 0 saturated heterocycles. The molecule has 1 heterocycles. The highest BCUT2D eigenvalue weighted by Crippen LogP contribution is 2.07. The minimum absolute atomic E-state index is 0.0839. The number of nitrogens with one attached hydrogen (secondary N) is 1. The first kappa shape index (κ1) is 14.0. The molecule has 0 fully saturated rings. The Hall–Kier alpha value is -1.10. The van der Waals surface area contributed by atoms with Crippen LogP contribution in [-0.4, -0.2) is 32.0 Å². The van der Waals surface area contributed by atoms with E-state index in [1.807, 2.05) is 12.3 Å². The molecule has 0 unspecified atom stereocenters. The van der Waals surface area contributed by atoms with Crippen LogP contribution in [-0.2, 0) is 10.0 Å². The summed E-state index contributed by atoms with van der Waals surface area (Å²) in [5, 5.41) is 8.55. The van der Waals surface area contributed by atoms with Gasteiger partial charge < -0.3 is 0 Å². The predicted molar refractivity (Wildman–Crippen MR) is 67.1 cm³/mol. The molecule has 0 atom stereocenters. The standard InChI is InChI=1S/C10H13N3O2S2/c1-16-6-2-5-13-17(14,15)10-4-3-9(7-11)12-8-10/h3-4,8,13H,2,5-6H2,1H3. The molecule has 0 aliphatic carbocycles. The second-order valence-corrected chi connectivity index (χ2v) is 5.99. The van der Waals surface area contributed by atoms with Crippen molar-refractivity contribution < 1.29 is 8.42 Å². The summed E-state index contributed by atoms with van der Waals surface area (Å²) in [6, 6.07) is 4.60. The molecule has 0 saturated carbocycles. The molecule has 0 amide bonds. The van der Waals surface area contributed by atoms with Crippen LogP contribution in [0.5, 0.6) is 0 Å². The Labute approximate surface area is 105 Å². The molecule has 92 valence electrons. The van der Waals surface area contributed by atoms with Gasteiger partial charge in [0.25, 0.3) is 0 Å². The topological polar surface area (TPSA) is 82.9 Å². The number of nitriles is 1. The molecule has 0 aromatic carbocycles. The summed E-state index contributed by atoms with van der Waals surface area (Å²) in [5.41, 5.74) is 0.200. The highest BCUT2D eigenvalue weighted by atomic mass is 32.2. The van der Waals surface area contributed by atoms with E-state index in [1.54, 1.807) is 11.8 Å². The van der Waals surface area contributed by atoms with Crippen LogP contribution in [0.4, 0.5) is 0 Å². The van der Waals surface area contributed by atoms with Gasteiger partial charge in [0.2, 0.25) is 10.0 Å². The normalized spacial score (nSPS) is 11.1. The molecular formula is C10H13N3O2S2. The third-order valence-electron chi connectivity index (χ3n) is 1.98. The van der Waals surface area contributed by atoms with Gasteiger partial charge in [0.05, 0.1) is 0 Å². The van der Waals surface area contributed by atoms with Gasteiger partial charge in [-0.15, -0.1) is 0 Å². The molecule has 1 N–H and O–H groups in total. The van der Waals surface area contributed by atoms with Crippen molar-refractivity contribution in [2.24, 2.45) is 0 Å². The summed E-state index contributed by atoms with van der Waals surface area (Å²) in [6.07, 6.45) is 3.94. The lowest BCUT2D eigenvalue weighted by atomic mass is 10.4. The Balaban J connectivity index is 2.66. The van der Waals surface area contributed by atoms with Crippen molar-refractivity contribution in [2.45, 2.75) is 11.3 Å². The summed E-state index contributed by atoms with van der Waals surface area (Å²) in [5.74, 6) is 0.911. The smallest absolute Gasteiger partial charge is 0.242 e. The lowest BCUT2D eigenvalue weighted by Crippen LogP contribution is -2.25. The van der Waals surface area contributed by atoms with Crippen LogP contribution < -0.4 is 4.72 Å². The van der Waals surface area contributed by atoms with Crippen molar-refractivity contribution in [3.8, 4) is 6.07 Å². The van der Waals surface area contributed by atoms with Gasteiger partial charge in [-0.3, -0.25) is 0 Å². The molecule has 1 rings (SSSR count). The molecule has 0 spiro atoms. The number of rotatable bonds is 6. The zero-order valence-electron chi connectivity index (χ0n) is 9.38. The van der Waals surface area contributed by atoms with Gasteiger partial charge in [0, 0.05) is 12.7 Å². The average molecular weight is 271 g/mol. The number of pyridine rings is 1. The first-order valence-electron chi connectivity index (χ1n) is 4.95. The summed E-state index contributed by atoms with van der Waals surface area (Å²) in [6.45, 7) is 0.406. The van der Waals surface area contributed by atoms with Gasteiger partial charge in [-0.2, -0.15) is 17.0 Å².